The Hall–Kier alpha value is -1.11. The zero-order valence-corrected chi connectivity index (χ0v) is 18.9. The monoisotopic (exact) mass is 518 g/mol. The van der Waals surface area contributed by atoms with E-state index in [0.717, 1.165) is 18.1 Å². The van der Waals surface area contributed by atoms with Crippen LogP contribution in [-0.2, 0) is 18.3 Å². The molecule has 0 aliphatic heterocycles. The smallest absolute Gasteiger partial charge is 0.385 e. The van der Waals surface area contributed by atoms with Crippen LogP contribution in [0.15, 0.2) is 4.99 Å². The highest BCUT2D eigenvalue weighted by molar-refractivity contribution is 14.0. The van der Waals surface area contributed by atoms with Gasteiger partial charge in [0.05, 0.1) is 5.92 Å². The number of hydrogen-bond donors (Lipinski definition) is 2. The second kappa shape index (κ2) is 11.8. The van der Waals surface area contributed by atoms with Crippen molar-refractivity contribution < 1.29 is 17.9 Å². The zero-order chi connectivity index (χ0) is 19.9. The van der Waals surface area contributed by atoms with Crippen molar-refractivity contribution in [2.24, 2.45) is 18.0 Å². The summed E-state index contributed by atoms with van der Waals surface area (Å²) in [5, 5.41) is 14.6. The van der Waals surface area contributed by atoms with Crippen LogP contribution in [-0.4, -0.2) is 53.2 Å². The molecule has 1 aliphatic rings. The third kappa shape index (κ3) is 7.72. The molecular formula is C17H30F3IN6O. The third-order valence-electron chi connectivity index (χ3n) is 4.91. The summed E-state index contributed by atoms with van der Waals surface area (Å²) in [6.07, 6.45) is -2.02. The highest BCUT2D eigenvalue weighted by Gasteiger charge is 2.41. The molecule has 1 saturated carbocycles. The fourth-order valence-electron chi connectivity index (χ4n) is 3.07. The predicted molar refractivity (Wildman–Crippen MR) is 112 cm³/mol. The molecule has 1 aliphatic carbocycles. The van der Waals surface area contributed by atoms with Crippen LogP contribution in [0.3, 0.4) is 0 Å². The second-order valence-electron chi connectivity index (χ2n) is 6.89. The van der Waals surface area contributed by atoms with Crippen LogP contribution in [0.5, 0.6) is 0 Å². The van der Waals surface area contributed by atoms with Crippen molar-refractivity contribution in [2.75, 3.05) is 20.3 Å². The van der Waals surface area contributed by atoms with Gasteiger partial charge < -0.3 is 19.9 Å². The van der Waals surface area contributed by atoms with Gasteiger partial charge in [-0.3, -0.25) is 0 Å². The van der Waals surface area contributed by atoms with E-state index < -0.39 is 12.1 Å². The van der Waals surface area contributed by atoms with Gasteiger partial charge in [-0.25, -0.2) is 4.99 Å². The van der Waals surface area contributed by atoms with Crippen LogP contribution in [0.4, 0.5) is 13.2 Å². The summed E-state index contributed by atoms with van der Waals surface area (Å²) in [5.74, 6) is 0.925. The molecule has 0 amide bonds. The van der Waals surface area contributed by atoms with Gasteiger partial charge >= 0.3 is 6.18 Å². The number of aromatic nitrogens is 3. The van der Waals surface area contributed by atoms with Crippen molar-refractivity contribution in [2.45, 2.75) is 57.8 Å². The first-order chi connectivity index (χ1) is 12.8. The van der Waals surface area contributed by atoms with E-state index in [2.05, 4.69) is 25.8 Å². The Morgan fingerprint density at radius 1 is 1.25 bits per heavy atom. The number of halogens is 4. The molecule has 0 aromatic carbocycles. The Bertz CT molecular complexity index is 615. The van der Waals surface area contributed by atoms with Crippen LogP contribution in [0.25, 0.3) is 0 Å². The van der Waals surface area contributed by atoms with Crippen molar-refractivity contribution in [1.82, 2.24) is 25.4 Å². The fourth-order valence-corrected chi connectivity index (χ4v) is 3.07. The van der Waals surface area contributed by atoms with Crippen molar-refractivity contribution in [1.29, 1.82) is 0 Å². The largest absolute Gasteiger partial charge is 0.391 e. The Morgan fingerprint density at radius 2 is 1.93 bits per heavy atom. The van der Waals surface area contributed by atoms with Gasteiger partial charge in [0.1, 0.15) is 12.4 Å². The van der Waals surface area contributed by atoms with E-state index in [9.17, 15) is 13.2 Å². The molecule has 1 fully saturated rings. The van der Waals surface area contributed by atoms with E-state index in [1.807, 2.05) is 18.5 Å². The second-order valence-corrected chi connectivity index (χ2v) is 6.89. The van der Waals surface area contributed by atoms with Crippen molar-refractivity contribution >= 4 is 29.9 Å². The summed E-state index contributed by atoms with van der Waals surface area (Å²) in [5.41, 5.74) is 0. The summed E-state index contributed by atoms with van der Waals surface area (Å²) in [4.78, 5) is 4.54. The zero-order valence-electron chi connectivity index (χ0n) is 16.6. The maximum atomic E-state index is 12.8. The Balaban J connectivity index is 0.00000392. The Labute approximate surface area is 180 Å². The standard InChI is InChI=1S/C17H29F3N6O.HI/c1-12-24-25-15(26(12)2)11-22-16(21-9-4-10-27-3)23-14-7-5-13(6-8-14)17(18,19)20;/h13-14H,4-11H2,1-3H3,(H2,21,22,23);1H. The van der Waals surface area contributed by atoms with Gasteiger partial charge in [0.2, 0.25) is 0 Å². The SMILES string of the molecule is COCCCNC(=NCc1nnc(C)n1C)NC1CCC(C(F)(F)F)CC1.I. The highest BCUT2D eigenvalue weighted by Crippen LogP contribution is 2.37. The lowest BCUT2D eigenvalue weighted by Gasteiger charge is -2.31. The molecule has 7 nitrogen and oxygen atoms in total. The molecule has 162 valence electrons. The minimum atomic E-state index is -4.09. The topological polar surface area (TPSA) is 76.4 Å². The quantitative estimate of drug-likeness (QED) is 0.251. The molecule has 2 N–H and O–H groups in total. The predicted octanol–water partition coefficient (Wildman–Crippen LogP) is 2.93. The third-order valence-corrected chi connectivity index (χ3v) is 4.91. The fraction of sp³-hybridized carbons (Fsp3) is 0.824. The van der Waals surface area contributed by atoms with E-state index in [4.69, 9.17) is 4.74 Å². The minimum Gasteiger partial charge on any atom is -0.385 e. The average molecular weight is 518 g/mol. The number of alkyl halides is 3. The molecule has 0 bridgehead atoms. The van der Waals surface area contributed by atoms with Crippen molar-refractivity contribution in [3.05, 3.63) is 11.6 Å². The lowest BCUT2D eigenvalue weighted by Crippen LogP contribution is -2.46. The molecule has 1 aromatic heterocycles. The van der Waals surface area contributed by atoms with Gasteiger partial charge in [0, 0.05) is 33.4 Å². The first-order valence-corrected chi connectivity index (χ1v) is 9.26. The maximum absolute atomic E-state index is 12.8. The molecule has 28 heavy (non-hydrogen) atoms. The van der Waals surface area contributed by atoms with Gasteiger partial charge in [0.15, 0.2) is 11.8 Å². The number of aliphatic imine (C=N–C) groups is 1. The first kappa shape index (κ1) is 24.9. The van der Waals surface area contributed by atoms with Crippen molar-refractivity contribution in [3.63, 3.8) is 0 Å². The summed E-state index contributed by atoms with van der Waals surface area (Å²) in [7, 11) is 3.51. The Morgan fingerprint density at radius 3 is 2.46 bits per heavy atom. The van der Waals surface area contributed by atoms with Crippen LogP contribution in [0.2, 0.25) is 0 Å². The minimum absolute atomic E-state index is 0. The van der Waals surface area contributed by atoms with Crippen LogP contribution in [0, 0.1) is 12.8 Å². The summed E-state index contributed by atoms with van der Waals surface area (Å²) < 4.78 is 45.4. The number of rotatable bonds is 7. The normalized spacial score (nSPS) is 20.6. The van der Waals surface area contributed by atoms with E-state index in [1.165, 1.54) is 0 Å². The van der Waals surface area contributed by atoms with Crippen LogP contribution >= 0.6 is 24.0 Å². The number of aryl methyl sites for hydroxylation is 1. The molecule has 11 heteroatoms. The molecule has 0 saturated heterocycles. The van der Waals surface area contributed by atoms with Gasteiger partial charge in [-0.05, 0) is 39.0 Å². The van der Waals surface area contributed by atoms with Crippen LogP contribution < -0.4 is 10.6 Å². The van der Waals surface area contributed by atoms with Gasteiger partial charge in [0.25, 0.3) is 0 Å². The number of nitrogens with zero attached hydrogens (tertiary/aromatic N) is 4. The number of methoxy groups -OCH3 is 1. The van der Waals surface area contributed by atoms with Gasteiger partial charge in [-0.2, -0.15) is 13.2 Å². The molecule has 0 spiro atoms. The molecule has 0 unspecified atom stereocenters. The summed E-state index contributed by atoms with van der Waals surface area (Å²) in [6.45, 7) is 3.49. The summed E-state index contributed by atoms with van der Waals surface area (Å²) >= 11 is 0. The van der Waals surface area contributed by atoms with E-state index in [1.54, 1.807) is 7.11 Å². The van der Waals surface area contributed by atoms with Gasteiger partial charge in [-0.15, -0.1) is 34.2 Å². The lowest BCUT2D eigenvalue weighted by molar-refractivity contribution is -0.182. The summed E-state index contributed by atoms with van der Waals surface area (Å²) in [6, 6.07) is -0.0153. The number of ether oxygens (including phenoxy) is 1. The lowest BCUT2D eigenvalue weighted by atomic mass is 9.85. The molecule has 1 aromatic rings. The number of nitrogens with one attached hydrogen (secondary N) is 2. The Kier molecular flexibility index (Phi) is 10.5. The maximum Gasteiger partial charge on any atom is 0.391 e. The van der Waals surface area contributed by atoms with Crippen LogP contribution in [0.1, 0.15) is 43.8 Å². The molecular weight excluding hydrogens is 488 g/mol. The molecule has 2 rings (SSSR count). The highest BCUT2D eigenvalue weighted by atomic mass is 127. The number of guanidine groups is 1. The average Bonchev–Trinajstić information content (AvgIpc) is 2.94. The molecule has 0 radical (unpaired) electrons. The first-order valence-electron chi connectivity index (χ1n) is 9.26. The van der Waals surface area contributed by atoms with Crippen molar-refractivity contribution in [3.8, 4) is 0 Å². The molecule has 1 heterocycles. The van der Waals surface area contributed by atoms with E-state index in [-0.39, 0.29) is 42.9 Å². The van der Waals surface area contributed by atoms with Gasteiger partial charge in [-0.1, -0.05) is 0 Å². The molecule has 0 atom stereocenters. The van der Waals surface area contributed by atoms with E-state index in [0.29, 0.717) is 38.5 Å². The van der Waals surface area contributed by atoms with E-state index >= 15 is 0 Å². The number of hydrogen-bond acceptors (Lipinski definition) is 4.